The van der Waals surface area contributed by atoms with E-state index < -0.39 is 12.2 Å². The zero-order valence-corrected chi connectivity index (χ0v) is 11.0. The first-order valence-electron chi connectivity index (χ1n) is 6.20. The lowest BCUT2D eigenvalue weighted by Crippen LogP contribution is -2.28. The Morgan fingerprint density at radius 2 is 2.00 bits per heavy atom. The summed E-state index contributed by atoms with van der Waals surface area (Å²) in [4.78, 5) is 22.1. The summed E-state index contributed by atoms with van der Waals surface area (Å²) in [5.41, 5.74) is 0.911. The number of aliphatic hydroxyl groups is 1. The van der Waals surface area contributed by atoms with Gasteiger partial charge >= 0.3 is 6.09 Å². The Morgan fingerprint density at radius 1 is 1.32 bits per heavy atom. The van der Waals surface area contributed by atoms with E-state index in [1.807, 2.05) is 30.3 Å². The van der Waals surface area contributed by atoms with Crippen molar-refractivity contribution >= 4 is 11.9 Å². The number of aliphatic hydroxyl groups excluding tert-OH is 1. The van der Waals surface area contributed by atoms with Crippen LogP contribution in [0.2, 0.25) is 0 Å². The summed E-state index contributed by atoms with van der Waals surface area (Å²) in [6, 6.07) is 9.36. The van der Waals surface area contributed by atoms with Crippen LogP contribution in [-0.4, -0.2) is 29.6 Å². The molecule has 0 aliphatic carbocycles. The SMILES string of the molecule is CC(=O)CC(O)CCNC(=O)OCc1ccccc1. The lowest BCUT2D eigenvalue weighted by molar-refractivity contribution is -0.118. The van der Waals surface area contributed by atoms with Gasteiger partial charge in [0.05, 0.1) is 6.10 Å². The lowest BCUT2D eigenvalue weighted by atomic mass is 10.1. The van der Waals surface area contributed by atoms with Crippen molar-refractivity contribution in [1.82, 2.24) is 5.32 Å². The van der Waals surface area contributed by atoms with Gasteiger partial charge in [-0.1, -0.05) is 30.3 Å². The van der Waals surface area contributed by atoms with E-state index in [2.05, 4.69) is 5.32 Å². The molecule has 0 fully saturated rings. The minimum absolute atomic E-state index is 0.0702. The largest absolute Gasteiger partial charge is 0.445 e. The number of rotatable bonds is 7. The number of benzene rings is 1. The van der Waals surface area contributed by atoms with Crippen molar-refractivity contribution in [1.29, 1.82) is 0 Å². The van der Waals surface area contributed by atoms with Crippen LogP contribution in [0.25, 0.3) is 0 Å². The van der Waals surface area contributed by atoms with Crippen LogP contribution in [-0.2, 0) is 16.1 Å². The van der Waals surface area contributed by atoms with E-state index in [4.69, 9.17) is 4.74 Å². The number of ketones is 1. The summed E-state index contributed by atoms with van der Waals surface area (Å²) in [7, 11) is 0. The van der Waals surface area contributed by atoms with E-state index in [0.29, 0.717) is 6.42 Å². The maximum absolute atomic E-state index is 11.3. The van der Waals surface area contributed by atoms with Crippen molar-refractivity contribution in [3.05, 3.63) is 35.9 Å². The van der Waals surface area contributed by atoms with Crippen LogP contribution in [0.5, 0.6) is 0 Å². The number of hydrogen-bond acceptors (Lipinski definition) is 4. The summed E-state index contributed by atoms with van der Waals surface area (Å²) >= 11 is 0. The Labute approximate surface area is 112 Å². The van der Waals surface area contributed by atoms with Gasteiger partial charge in [0.1, 0.15) is 12.4 Å². The second-order valence-electron chi connectivity index (χ2n) is 4.34. The number of carbonyl (C=O) groups is 2. The maximum atomic E-state index is 11.3. The van der Waals surface area contributed by atoms with Gasteiger partial charge in [-0.15, -0.1) is 0 Å². The third kappa shape index (κ3) is 7.21. The Kier molecular flexibility index (Phi) is 6.60. The highest BCUT2D eigenvalue weighted by Crippen LogP contribution is 2.01. The highest BCUT2D eigenvalue weighted by molar-refractivity contribution is 5.75. The molecule has 0 saturated heterocycles. The van der Waals surface area contributed by atoms with Crippen molar-refractivity contribution in [3.63, 3.8) is 0 Å². The van der Waals surface area contributed by atoms with Gasteiger partial charge in [-0.25, -0.2) is 4.79 Å². The Morgan fingerprint density at radius 3 is 2.63 bits per heavy atom. The zero-order valence-electron chi connectivity index (χ0n) is 11.0. The fourth-order valence-corrected chi connectivity index (χ4v) is 1.55. The van der Waals surface area contributed by atoms with Crippen LogP contribution in [0.1, 0.15) is 25.3 Å². The van der Waals surface area contributed by atoms with Crippen molar-refractivity contribution in [2.24, 2.45) is 0 Å². The molecule has 1 rings (SSSR count). The first-order valence-corrected chi connectivity index (χ1v) is 6.20. The third-order valence-corrected chi connectivity index (χ3v) is 2.48. The van der Waals surface area contributed by atoms with E-state index >= 15 is 0 Å². The normalized spacial score (nSPS) is 11.7. The quantitative estimate of drug-likeness (QED) is 0.786. The molecule has 0 aromatic heterocycles. The van der Waals surface area contributed by atoms with Crippen LogP contribution in [0.15, 0.2) is 30.3 Å². The van der Waals surface area contributed by atoms with Gasteiger partial charge in [-0.3, -0.25) is 4.79 Å². The van der Waals surface area contributed by atoms with Crippen molar-refractivity contribution in [2.75, 3.05) is 6.54 Å². The maximum Gasteiger partial charge on any atom is 0.407 e. The standard InChI is InChI=1S/C14H19NO4/c1-11(16)9-13(17)7-8-15-14(18)19-10-12-5-3-2-4-6-12/h2-6,13,17H,7-10H2,1H3,(H,15,18). The number of ether oxygens (including phenoxy) is 1. The molecule has 0 heterocycles. The number of hydrogen-bond donors (Lipinski definition) is 2. The molecular formula is C14H19NO4. The van der Waals surface area contributed by atoms with Crippen molar-refractivity contribution < 1.29 is 19.4 Å². The van der Waals surface area contributed by atoms with Gasteiger partial charge in [0, 0.05) is 13.0 Å². The van der Waals surface area contributed by atoms with E-state index in [1.54, 1.807) is 0 Å². The van der Waals surface area contributed by atoms with Gasteiger partial charge in [0.15, 0.2) is 0 Å². The predicted octanol–water partition coefficient (Wildman–Crippen LogP) is 1.64. The van der Waals surface area contributed by atoms with E-state index in [-0.39, 0.29) is 25.4 Å². The minimum Gasteiger partial charge on any atom is -0.445 e. The summed E-state index contributed by atoms with van der Waals surface area (Å²) in [5, 5.41) is 12.0. The Balaban J connectivity index is 2.13. The molecule has 1 amide bonds. The molecule has 104 valence electrons. The topological polar surface area (TPSA) is 75.6 Å². The van der Waals surface area contributed by atoms with E-state index in [1.165, 1.54) is 6.92 Å². The smallest absolute Gasteiger partial charge is 0.407 e. The van der Waals surface area contributed by atoms with Gasteiger partial charge < -0.3 is 15.2 Å². The molecule has 0 saturated carbocycles. The average molecular weight is 265 g/mol. The number of Topliss-reactive ketones (excluding diaryl/α,β-unsaturated/α-hetero) is 1. The Bertz CT molecular complexity index is 405. The van der Waals surface area contributed by atoms with Crippen LogP contribution in [0.3, 0.4) is 0 Å². The first kappa shape index (κ1) is 15.2. The zero-order chi connectivity index (χ0) is 14.1. The average Bonchev–Trinajstić information content (AvgIpc) is 2.36. The monoisotopic (exact) mass is 265 g/mol. The molecule has 0 aliphatic rings. The van der Waals surface area contributed by atoms with Crippen LogP contribution in [0.4, 0.5) is 4.79 Å². The van der Waals surface area contributed by atoms with Gasteiger partial charge in [-0.05, 0) is 18.9 Å². The van der Waals surface area contributed by atoms with Gasteiger partial charge in [0.2, 0.25) is 0 Å². The van der Waals surface area contributed by atoms with E-state index in [0.717, 1.165) is 5.56 Å². The second-order valence-corrected chi connectivity index (χ2v) is 4.34. The minimum atomic E-state index is -0.716. The number of alkyl carbamates (subject to hydrolysis) is 1. The number of amides is 1. The van der Waals surface area contributed by atoms with Crippen molar-refractivity contribution in [2.45, 2.75) is 32.5 Å². The van der Waals surface area contributed by atoms with Crippen molar-refractivity contribution in [3.8, 4) is 0 Å². The molecule has 5 heteroatoms. The van der Waals surface area contributed by atoms with Crippen LogP contribution in [0, 0.1) is 0 Å². The molecule has 1 aromatic carbocycles. The summed E-state index contributed by atoms with van der Waals surface area (Å²) < 4.78 is 4.99. The summed E-state index contributed by atoms with van der Waals surface area (Å²) in [6.07, 6.45) is -0.799. The first-order chi connectivity index (χ1) is 9.08. The predicted molar refractivity (Wildman–Crippen MR) is 70.6 cm³/mol. The highest BCUT2D eigenvalue weighted by atomic mass is 16.5. The van der Waals surface area contributed by atoms with Crippen LogP contribution >= 0.6 is 0 Å². The van der Waals surface area contributed by atoms with E-state index in [9.17, 15) is 14.7 Å². The number of carbonyl (C=O) groups excluding carboxylic acids is 2. The fraction of sp³-hybridized carbons (Fsp3) is 0.429. The van der Waals surface area contributed by atoms with Gasteiger partial charge in [-0.2, -0.15) is 0 Å². The molecule has 1 unspecified atom stereocenters. The Hall–Kier alpha value is -1.88. The lowest BCUT2D eigenvalue weighted by Gasteiger charge is -2.10. The molecular weight excluding hydrogens is 246 g/mol. The highest BCUT2D eigenvalue weighted by Gasteiger charge is 2.08. The third-order valence-electron chi connectivity index (χ3n) is 2.48. The molecule has 0 aliphatic heterocycles. The molecule has 2 N–H and O–H groups in total. The van der Waals surface area contributed by atoms with Crippen LogP contribution < -0.4 is 5.32 Å². The summed E-state index contributed by atoms with van der Waals surface area (Å²) in [6.45, 7) is 1.91. The molecule has 1 atom stereocenters. The molecule has 0 bridgehead atoms. The molecule has 1 aromatic rings. The molecule has 5 nitrogen and oxygen atoms in total. The fourth-order valence-electron chi connectivity index (χ4n) is 1.55. The molecule has 0 radical (unpaired) electrons. The van der Waals surface area contributed by atoms with Gasteiger partial charge in [0.25, 0.3) is 0 Å². The second kappa shape index (κ2) is 8.26. The molecule has 19 heavy (non-hydrogen) atoms. The summed E-state index contributed by atoms with van der Waals surface area (Å²) in [5.74, 6) is -0.0702. The molecule has 0 spiro atoms. The number of nitrogens with one attached hydrogen (secondary N) is 1.